The van der Waals surface area contributed by atoms with Gasteiger partial charge in [0.2, 0.25) is 0 Å². The van der Waals surface area contributed by atoms with Crippen LogP contribution in [0.4, 0.5) is 4.39 Å². The van der Waals surface area contributed by atoms with Crippen molar-refractivity contribution < 1.29 is 4.39 Å². The molecule has 0 saturated carbocycles. The molecule has 1 aromatic heterocycles. The smallest absolute Gasteiger partial charge is 0.124 e. The van der Waals surface area contributed by atoms with E-state index >= 15 is 0 Å². The van der Waals surface area contributed by atoms with Gasteiger partial charge < -0.3 is 10.3 Å². The number of nitrogens with two attached hydrogens (primary N) is 1. The number of halogens is 1. The van der Waals surface area contributed by atoms with Crippen LogP contribution < -0.4 is 5.73 Å². The van der Waals surface area contributed by atoms with Crippen LogP contribution in [0, 0.1) is 17.7 Å². The van der Waals surface area contributed by atoms with Gasteiger partial charge in [0.25, 0.3) is 0 Å². The second-order valence-electron chi connectivity index (χ2n) is 4.18. The van der Waals surface area contributed by atoms with E-state index in [2.05, 4.69) is 16.8 Å². The molecular formula is C15H16FN3. The molecule has 0 aliphatic carbocycles. The lowest BCUT2D eigenvalue weighted by atomic mass is 10.1. The zero-order valence-electron chi connectivity index (χ0n) is 10.9. The van der Waals surface area contributed by atoms with Crippen molar-refractivity contribution in [2.24, 2.45) is 5.73 Å². The maximum absolute atomic E-state index is 13.5. The number of benzene rings is 1. The molecule has 0 atom stereocenters. The summed E-state index contributed by atoms with van der Waals surface area (Å²) in [5.41, 5.74) is 6.84. The average molecular weight is 257 g/mol. The Hall–Kier alpha value is -2.12. The molecule has 19 heavy (non-hydrogen) atoms. The van der Waals surface area contributed by atoms with Crippen LogP contribution in [0.2, 0.25) is 0 Å². The van der Waals surface area contributed by atoms with Gasteiger partial charge in [-0.1, -0.05) is 18.8 Å². The van der Waals surface area contributed by atoms with Gasteiger partial charge >= 0.3 is 0 Å². The quantitative estimate of drug-likeness (QED) is 0.854. The van der Waals surface area contributed by atoms with Crippen LogP contribution >= 0.6 is 0 Å². The van der Waals surface area contributed by atoms with Gasteiger partial charge in [-0.2, -0.15) is 0 Å². The summed E-state index contributed by atoms with van der Waals surface area (Å²) in [5.74, 6) is 6.29. The lowest BCUT2D eigenvalue weighted by Crippen LogP contribution is -2.04. The monoisotopic (exact) mass is 257 g/mol. The van der Waals surface area contributed by atoms with E-state index in [4.69, 9.17) is 5.73 Å². The van der Waals surface area contributed by atoms with E-state index < -0.39 is 0 Å². The van der Waals surface area contributed by atoms with Crippen LogP contribution in [0.3, 0.4) is 0 Å². The number of aromatic nitrogens is 2. The summed E-state index contributed by atoms with van der Waals surface area (Å²) in [6, 6.07) is 4.82. The molecule has 4 heteroatoms. The third-order valence-corrected chi connectivity index (χ3v) is 2.76. The van der Waals surface area contributed by atoms with Crippen LogP contribution in [-0.2, 0) is 13.0 Å². The van der Waals surface area contributed by atoms with Gasteiger partial charge in [0.05, 0.1) is 6.54 Å². The first-order chi connectivity index (χ1) is 9.22. The molecule has 0 fully saturated rings. The van der Waals surface area contributed by atoms with Crippen molar-refractivity contribution in [3.63, 3.8) is 0 Å². The maximum Gasteiger partial charge on any atom is 0.124 e. The highest BCUT2D eigenvalue weighted by atomic mass is 19.1. The summed E-state index contributed by atoms with van der Waals surface area (Å²) in [5, 5.41) is 0. The minimum Gasteiger partial charge on any atom is -0.331 e. The topological polar surface area (TPSA) is 43.8 Å². The van der Waals surface area contributed by atoms with Crippen molar-refractivity contribution in [1.29, 1.82) is 0 Å². The Kier molecular flexibility index (Phi) is 4.32. The molecule has 0 aliphatic heterocycles. The predicted molar refractivity (Wildman–Crippen MR) is 73.0 cm³/mol. The minimum atomic E-state index is -0.281. The molecule has 0 saturated heterocycles. The Balaban J connectivity index is 2.27. The van der Waals surface area contributed by atoms with Gasteiger partial charge in [-0.3, -0.25) is 0 Å². The minimum absolute atomic E-state index is 0.271. The number of hydrogen-bond acceptors (Lipinski definition) is 2. The van der Waals surface area contributed by atoms with Gasteiger partial charge in [0, 0.05) is 30.9 Å². The Labute approximate surface area is 112 Å². The molecule has 3 nitrogen and oxygen atoms in total. The Morgan fingerprint density at radius 1 is 1.37 bits per heavy atom. The number of imidazole rings is 1. The van der Waals surface area contributed by atoms with E-state index in [0.29, 0.717) is 12.1 Å². The van der Waals surface area contributed by atoms with Crippen LogP contribution in [0.25, 0.3) is 0 Å². The van der Waals surface area contributed by atoms with Crippen molar-refractivity contribution >= 4 is 0 Å². The zero-order valence-corrected chi connectivity index (χ0v) is 10.9. The van der Waals surface area contributed by atoms with Gasteiger partial charge in [-0.25, -0.2) is 9.37 Å². The molecule has 1 heterocycles. The highest BCUT2D eigenvalue weighted by Crippen LogP contribution is 2.11. The number of nitrogens with zero attached hydrogens (tertiary/aromatic N) is 2. The van der Waals surface area contributed by atoms with Gasteiger partial charge in [-0.15, -0.1) is 0 Å². The molecule has 98 valence electrons. The zero-order chi connectivity index (χ0) is 13.7. The van der Waals surface area contributed by atoms with Crippen LogP contribution in [0.5, 0.6) is 0 Å². The predicted octanol–water partition coefficient (Wildman–Crippen LogP) is 1.94. The Morgan fingerprint density at radius 3 is 2.95 bits per heavy atom. The van der Waals surface area contributed by atoms with Crippen molar-refractivity contribution in [2.75, 3.05) is 6.54 Å². The van der Waals surface area contributed by atoms with E-state index in [1.54, 1.807) is 6.20 Å². The summed E-state index contributed by atoms with van der Waals surface area (Å²) in [4.78, 5) is 4.25. The molecule has 0 unspecified atom stereocenters. The van der Waals surface area contributed by atoms with Gasteiger partial charge in [0.1, 0.15) is 11.6 Å². The van der Waals surface area contributed by atoms with E-state index in [-0.39, 0.29) is 12.4 Å². The SMILES string of the molecule is CCc1nccn1Cc1cc(F)cc(C#CCN)c1. The first-order valence-corrected chi connectivity index (χ1v) is 6.21. The molecule has 2 rings (SSSR count). The Morgan fingerprint density at radius 2 is 2.21 bits per heavy atom. The summed E-state index contributed by atoms with van der Waals surface area (Å²) < 4.78 is 15.6. The molecule has 0 bridgehead atoms. The van der Waals surface area contributed by atoms with E-state index in [9.17, 15) is 4.39 Å². The second-order valence-corrected chi connectivity index (χ2v) is 4.18. The van der Waals surface area contributed by atoms with Crippen LogP contribution in [0.15, 0.2) is 30.6 Å². The molecule has 2 N–H and O–H groups in total. The molecule has 2 aromatic rings. The summed E-state index contributed by atoms with van der Waals surface area (Å²) >= 11 is 0. The fraction of sp³-hybridized carbons (Fsp3) is 0.267. The largest absolute Gasteiger partial charge is 0.331 e. The van der Waals surface area contributed by atoms with Crippen molar-refractivity contribution in [2.45, 2.75) is 19.9 Å². The highest BCUT2D eigenvalue weighted by Gasteiger charge is 2.04. The van der Waals surface area contributed by atoms with Gasteiger partial charge in [-0.05, 0) is 23.8 Å². The number of rotatable bonds is 3. The first kappa shape index (κ1) is 13.3. The molecule has 0 spiro atoms. The van der Waals surface area contributed by atoms with Crippen LogP contribution in [0.1, 0.15) is 23.9 Å². The molecular weight excluding hydrogens is 241 g/mol. The van der Waals surface area contributed by atoms with E-state index in [1.807, 2.05) is 23.8 Å². The molecule has 0 radical (unpaired) electrons. The normalized spacial score (nSPS) is 10.1. The number of aryl methyl sites for hydroxylation is 1. The third kappa shape index (κ3) is 3.43. The van der Waals surface area contributed by atoms with Crippen molar-refractivity contribution in [3.05, 3.63) is 53.4 Å². The second kappa shape index (κ2) is 6.17. The van der Waals surface area contributed by atoms with Gasteiger partial charge in [0.15, 0.2) is 0 Å². The van der Waals surface area contributed by atoms with Crippen LogP contribution in [-0.4, -0.2) is 16.1 Å². The Bertz CT molecular complexity index is 620. The summed E-state index contributed by atoms with van der Waals surface area (Å²) in [7, 11) is 0. The lowest BCUT2D eigenvalue weighted by Gasteiger charge is -2.07. The molecule has 0 amide bonds. The third-order valence-electron chi connectivity index (χ3n) is 2.76. The molecule has 0 aliphatic rings. The maximum atomic E-state index is 13.5. The average Bonchev–Trinajstić information content (AvgIpc) is 2.83. The standard InChI is InChI=1S/C15H16FN3/c1-2-15-18-6-7-19(15)11-13-8-12(4-3-5-17)9-14(16)10-13/h6-10H,2,5,11,17H2,1H3. The molecule has 1 aromatic carbocycles. The fourth-order valence-corrected chi connectivity index (χ4v) is 1.96. The fourth-order valence-electron chi connectivity index (χ4n) is 1.96. The highest BCUT2D eigenvalue weighted by molar-refractivity contribution is 5.38. The summed E-state index contributed by atoms with van der Waals surface area (Å²) in [6.07, 6.45) is 4.50. The van der Waals surface area contributed by atoms with E-state index in [0.717, 1.165) is 17.8 Å². The summed E-state index contributed by atoms with van der Waals surface area (Å²) in [6.45, 7) is 2.91. The lowest BCUT2D eigenvalue weighted by molar-refractivity contribution is 0.622. The van der Waals surface area contributed by atoms with E-state index in [1.165, 1.54) is 12.1 Å². The first-order valence-electron chi connectivity index (χ1n) is 6.21. The van der Waals surface area contributed by atoms with Crippen molar-refractivity contribution in [1.82, 2.24) is 9.55 Å². The van der Waals surface area contributed by atoms with Crippen molar-refractivity contribution in [3.8, 4) is 11.8 Å². The number of hydrogen-bond donors (Lipinski definition) is 1.